The Morgan fingerprint density at radius 3 is 2.68 bits per heavy atom. The van der Waals surface area contributed by atoms with Crippen LogP contribution in [-0.4, -0.2) is 63.4 Å². The van der Waals surface area contributed by atoms with Crippen LogP contribution in [0.4, 0.5) is 0 Å². The topological polar surface area (TPSA) is 54.3 Å². The molecule has 2 saturated heterocycles. The lowest BCUT2D eigenvalue weighted by atomic mass is 9.80. The van der Waals surface area contributed by atoms with E-state index in [9.17, 15) is 4.79 Å². The maximum Gasteiger partial charge on any atom is 0.229 e. The van der Waals surface area contributed by atoms with Gasteiger partial charge in [0, 0.05) is 31.7 Å². The zero-order chi connectivity index (χ0) is 17.4. The lowest BCUT2D eigenvalue weighted by Gasteiger charge is -2.43. The molecule has 6 heteroatoms. The fourth-order valence-corrected chi connectivity index (χ4v) is 4.54. The number of carbonyl (C=O) groups excluding carboxylic acids is 1. The summed E-state index contributed by atoms with van der Waals surface area (Å²) in [6.07, 6.45) is 8.81. The number of hydrogen-bond donors (Lipinski definition) is 0. The lowest BCUT2D eigenvalue weighted by Crippen LogP contribution is -2.53. The third kappa shape index (κ3) is 3.46. The molecular weight excluding hydrogens is 314 g/mol. The second-order valence-electron chi connectivity index (χ2n) is 8.45. The summed E-state index contributed by atoms with van der Waals surface area (Å²) >= 11 is 0. The zero-order valence-electron chi connectivity index (χ0n) is 15.7. The Labute approximate surface area is 150 Å². The molecule has 1 aromatic rings. The van der Waals surface area contributed by atoms with Gasteiger partial charge in [0.25, 0.3) is 0 Å². The van der Waals surface area contributed by atoms with Crippen molar-refractivity contribution in [3.05, 3.63) is 11.9 Å². The first-order valence-electron chi connectivity index (χ1n) is 10.0. The van der Waals surface area contributed by atoms with E-state index in [4.69, 9.17) is 0 Å². The normalized spacial score (nSPS) is 29.1. The molecule has 3 fully saturated rings. The van der Waals surface area contributed by atoms with Gasteiger partial charge in [-0.3, -0.25) is 4.79 Å². The third-order valence-corrected chi connectivity index (χ3v) is 6.39. The smallest absolute Gasteiger partial charge is 0.229 e. The molecule has 1 atom stereocenters. The standard InChI is InChI=1S/C19H31N5O/c1-3-22-10-4-9-19(2,14-22)18(25)23-11-7-16(8-12-23)24-13-17(20-21-24)15-5-6-15/h13,15-16H,3-12,14H2,1-2H3/t19-/m0/s1. The van der Waals surface area contributed by atoms with Gasteiger partial charge in [0.15, 0.2) is 0 Å². The van der Waals surface area contributed by atoms with E-state index in [1.807, 2.05) is 0 Å². The van der Waals surface area contributed by atoms with Crippen molar-refractivity contribution in [2.45, 2.75) is 64.3 Å². The van der Waals surface area contributed by atoms with Crippen molar-refractivity contribution in [1.29, 1.82) is 0 Å². The molecule has 1 saturated carbocycles. The van der Waals surface area contributed by atoms with Crippen molar-refractivity contribution in [3.63, 3.8) is 0 Å². The Balaban J connectivity index is 1.35. The minimum absolute atomic E-state index is 0.201. The van der Waals surface area contributed by atoms with Gasteiger partial charge in [-0.1, -0.05) is 12.1 Å². The number of aromatic nitrogens is 3. The van der Waals surface area contributed by atoms with Crippen molar-refractivity contribution >= 4 is 5.91 Å². The van der Waals surface area contributed by atoms with Crippen molar-refractivity contribution < 1.29 is 4.79 Å². The quantitative estimate of drug-likeness (QED) is 0.841. The molecule has 4 rings (SSSR count). The first-order valence-corrected chi connectivity index (χ1v) is 10.0. The van der Waals surface area contributed by atoms with Crippen molar-refractivity contribution in [2.75, 3.05) is 32.7 Å². The number of hydrogen-bond acceptors (Lipinski definition) is 4. The first kappa shape index (κ1) is 17.0. The highest BCUT2D eigenvalue weighted by Crippen LogP contribution is 2.39. The molecule has 25 heavy (non-hydrogen) atoms. The molecule has 2 aliphatic heterocycles. The molecule has 1 amide bonds. The van der Waals surface area contributed by atoms with Crippen LogP contribution in [0.2, 0.25) is 0 Å². The third-order valence-electron chi connectivity index (χ3n) is 6.39. The van der Waals surface area contributed by atoms with Gasteiger partial charge in [0.05, 0.1) is 17.2 Å². The molecule has 0 radical (unpaired) electrons. The Bertz CT molecular complexity index is 617. The highest BCUT2D eigenvalue weighted by molar-refractivity contribution is 5.82. The van der Waals surface area contributed by atoms with E-state index in [0.717, 1.165) is 64.1 Å². The molecule has 0 spiro atoms. The largest absolute Gasteiger partial charge is 0.342 e. The fraction of sp³-hybridized carbons (Fsp3) is 0.842. The van der Waals surface area contributed by atoms with Gasteiger partial charge >= 0.3 is 0 Å². The second kappa shape index (κ2) is 6.71. The van der Waals surface area contributed by atoms with Crippen LogP contribution in [0.5, 0.6) is 0 Å². The second-order valence-corrected chi connectivity index (χ2v) is 8.45. The molecule has 1 aromatic heterocycles. The van der Waals surface area contributed by atoms with Crippen LogP contribution in [0.1, 0.15) is 70.0 Å². The number of amides is 1. The van der Waals surface area contributed by atoms with E-state index in [1.165, 1.54) is 12.8 Å². The molecule has 0 unspecified atom stereocenters. The molecule has 3 aliphatic rings. The summed E-state index contributed by atoms with van der Waals surface area (Å²) in [5.74, 6) is 1.02. The number of nitrogens with zero attached hydrogens (tertiary/aromatic N) is 5. The van der Waals surface area contributed by atoms with Gasteiger partial charge in [0.2, 0.25) is 5.91 Å². The predicted octanol–water partition coefficient (Wildman–Crippen LogP) is 2.44. The van der Waals surface area contributed by atoms with E-state index >= 15 is 0 Å². The van der Waals surface area contributed by atoms with Crippen LogP contribution in [-0.2, 0) is 4.79 Å². The molecule has 1 aliphatic carbocycles. The lowest BCUT2D eigenvalue weighted by molar-refractivity contribution is -0.145. The van der Waals surface area contributed by atoms with Gasteiger partial charge in [0.1, 0.15) is 0 Å². The first-order chi connectivity index (χ1) is 12.1. The summed E-state index contributed by atoms with van der Waals surface area (Å²) in [5, 5.41) is 8.69. The van der Waals surface area contributed by atoms with E-state index in [2.05, 4.69) is 44.8 Å². The van der Waals surface area contributed by atoms with Gasteiger partial charge in [-0.05, 0) is 58.5 Å². The number of rotatable bonds is 4. The Morgan fingerprint density at radius 1 is 1.24 bits per heavy atom. The van der Waals surface area contributed by atoms with E-state index in [-0.39, 0.29) is 5.41 Å². The summed E-state index contributed by atoms with van der Waals surface area (Å²) in [6.45, 7) is 9.15. The van der Waals surface area contributed by atoms with Crippen LogP contribution in [0.3, 0.4) is 0 Å². The average molecular weight is 345 g/mol. The van der Waals surface area contributed by atoms with Crippen LogP contribution in [0.25, 0.3) is 0 Å². The van der Waals surface area contributed by atoms with Gasteiger partial charge in [-0.15, -0.1) is 5.10 Å². The minimum Gasteiger partial charge on any atom is -0.342 e. The van der Waals surface area contributed by atoms with E-state index < -0.39 is 0 Å². The summed E-state index contributed by atoms with van der Waals surface area (Å²) in [4.78, 5) is 17.7. The van der Waals surface area contributed by atoms with Crippen LogP contribution in [0, 0.1) is 5.41 Å². The maximum atomic E-state index is 13.1. The number of likely N-dealkylation sites (tertiary alicyclic amines) is 2. The Hall–Kier alpha value is -1.43. The number of piperidine rings is 2. The monoisotopic (exact) mass is 345 g/mol. The van der Waals surface area contributed by atoms with Crippen LogP contribution in [0.15, 0.2) is 6.20 Å². The maximum absolute atomic E-state index is 13.1. The summed E-state index contributed by atoms with van der Waals surface area (Å²) < 4.78 is 2.05. The highest BCUT2D eigenvalue weighted by Gasteiger charge is 2.41. The highest BCUT2D eigenvalue weighted by atomic mass is 16.2. The Kier molecular flexibility index (Phi) is 4.56. The SMILES string of the molecule is CCN1CCC[C@](C)(C(=O)N2CCC(n3cc(C4CC4)nn3)CC2)C1. The molecular formula is C19H31N5O. The molecule has 3 heterocycles. The summed E-state index contributed by atoms with van der Waals surface area (Å²) in [7, 11) is 0. The van der Waals surface area contributed by atoms with Gasteiger partial charge < -0.3 is 9.80 Å². The van der Waals surface area contributed by atoms with Crippen molar-refractivity contribution in [2.24, 2.45) is 5.41 Å². The predicted molar refractivity (Wildman–Crippen MR) is 96.3 cm³/mol. The summed E-state index contributed by atoms with van der Waals surface area (Å²) in [5.41, 5.74) is 0.959. The zero-order valence-corrected chi connectivity index (χ0v) is 15.7. The summed E-state index contributed by atoms with van der Waals surface area (Å²) in [6, 6.07) is 0.398. The van der Waals surface area contributed by atoms with Crippen LogP contribution < -0.4 is 0 Å². The molecule has 138 valence electrons. The van der Waals surface area contributed by atoms with Gasteiger partial charge in [-0.25, -0.2) is 4.68 Å². The fourth-order valence-electron chi connectivity index (χ4n) is 4.54. The Morgan fingerprint density at radius 2 is 2.00 bits per heavy atom. The molecule has 6 nitrogen and oxygen atoms in total. The van der Waals surface area contributed by atoms with E-state index in [0.29, 0.717) is 17.9 Å². The van der Waals surface area contributed by atoms with E-state index in [1.54, 1.807) is 0 Å². The van der Waals surface area contributed by atoms with Crippen molar-refractivity contribution in [3.8, 4) is 0 Å². The van der Waals surface area contributed by atoms with Crippen LogP contribution >= 0.6 is 0 Å². The minimum atomic E-state index is -0.201. The molecule has 0 N–H and O–H groups in total. The molecule has 0 aromatic carbocycles. The van der Waals surface area contributed by atoms with Gasteiger partial charge in [-0.2, -0.15) is 0 Å². The number of carbonyl (C=O) groups is 1. The van der Waals surface area contributed by atoms with Crippen molar-refractivity contribution in [1.82, 2.24) is 24.8 Å². The molecule has 0 bridgehead atoms. The average Bonchev–Trinajstić information content (AvgIpc) is 3.38.